The summed E-state index contributed by atoms with van der Waals surface area (Å²) in [6.45, 7) is 8.31. The SMILES string of the molecule is C/C(=C\NC(=O)Nc1ccc(Br)cc1)C(C)(C)C. The Morgan fingerprint density at radius 2 is 1.78 bits per heavy atom. The van der Waals surface area contributed by atoms with Crippen molar-refractivity contribution in [3.63, 3.8) is 0 Å². The lowest BCUT2D eigenvalue weighted by atomic mass is 9.88. The lowest BCUT2D eigenvalue weighted by molar-refractivity contribution is 0.255. The van der Waals surface area contributed by atoms with E-state index in [4.69, 9.17) is 0 Å². The van der Waals surface area contributed by atoms with Gasteiger partial charge in [0.1, 0.15) is 0 Å². The van der Waals surface area contributed by atoms with Crippen LogP contribution < -0.4 is 10.6 Å². The molecule has 1 rings (SSSR count). The molecule has 0 bridgehead atoms. The molecule has 0 atom stereocenters. The summed E-state index contributed by atoms with van der Waals surface area (Å²) < 4.78 is 0.983. The van der Waals surface area contributed by atoms with Crippen molar-refractivity contribution in [2.45, 2.75) is 27.7 Å². The zero-order valence-electron chi connectivity index (χ0n) is 11.2. The van der Waals surface area contributed by atoms with Gasteiger partial charge in [-0.25, -0.2) is 4.79 Å². The molecule has 0 aliphatic carbocycles. The van der Waals surface area contributed by atoms with Crippen molar-refractivity contribution in [3.8, 4) is 0 Å². The average molecular weight is 311 g/mol. The van der Waals surface area contributed by atoms with Crippen LogP contribution in [0, 0.1) is 5.41 Å². The molecule has 0 aromatic heterocycles. The van der Waals surface area contributed by atoms with Gasteiger partial charge in [0.05, 0.1) is 0 Å². The average Bonchev–Trinajstić information content (AvgIpc) is 2.28. The number of hydrogen-bond donors (Lipinski definition) is 2. The monoisotopic (exact) mass is 310 g/mol. The van der Waals surface area contributed by atoms with E-state index in [2.05, 4.69) is 47.3 Å². The molecule has 1 aromatic carbocycles. The van der Waals surface area contributed by atoms with E-state index in [0.717, 1.165) is 15.7 Å². The van der Waals surface area contributed by atoms with Crippen LogP contribution in [0.25, 0.3) is 0 Å². The van der Waals surface area contributed by atoms with Crippen LogP contribution in [-0.2, 0) is 0 Å². The zero-order chi connectivity index (χ0) is 13.8. The van der Waals surface area contributed by atoms with Gasteiger partial charge in [-0.2, -0.15) is 0 Å². The molecule has 0 radical (unpaired) electrons. The number of nitrogens with one attached hydrogen (secondary N) is 2. The van der Waals surface area contributed by atoms with E-state index in [1.54, 1.807) is 6.20 Å². The topological polar surface area (TPSA) is 41.1 Å². The Morgan fingerprint density at radius 1 is 1.22 bits per heavy atom. The van der Waals surface area contributed by atoms with E-state index < -0.39 is 0 Å². The minimum absolute atomic E-state index is 0.0604. The molecule has 0 saturated carbocycles. The highest BCUT2D eigenvalue weighted by Crippen LogP contribution is 2.23. The number of urea groups is 1. The highest BCUT2D eigenvalue weighted by Gasteiger charge is 2.12. The lowest BCUT2D eigenvalue weighted by Gasteiger charge is -2.19. The second kappa shape index (κ2) is 6.05. The predicted octanol–water partition coefficient (Wildman–Crippen LogP) is 4.52. The molecule has 4 heteroatoms. The second-order valence-electron chi connectivity index (χ2n) is 5.18. The van der Waals surface area contributed by atoms with Crippen molar-refractivity contribution >= 4 is 27.6 Å². The van der Waals surface area contributed by atoms with Crippen molar-refractivity contribution in [2.24, 2.45) is 5.41 Å². The fourth-order valence-electron chi connectivity index (χ4n) is 1.09. The summed E-state index contributed by atoms with van der Waals surface area (Å²) in [4.78, 5) is 11.7. The normalized spacial score (nSPS) is 12.2. The number of halogens is 1. The van der Waals surface area contributed by atoms with Gasteiger partial charge in [-0.1, -0.05) is 42.3 Å². The van der Waals surface area contributed by atoms with E-state index in [-0.39, 0.29) is 11.4 Å². The molecule has 98 valence electrons. The minimum Gasteiger partial charge on any atom is -0.314 e. The molecule has 1 aromatic rings. The predicted molar refractivity (Wildman–Crippen MR) is 79.5 cm³/mol. The van der Waals surface area contributed by atoms with Crippen LogP contribution >= 0.6 is 15.9 Å². The second-order valence-corrected chi connectivity index (χ2v) is 6.10. The zero-order valence-corrected chi connectivity index (χ0v) is 12.8. The molecule has 3 nitrogen and oxygen atoms in total. The van der Waals surface area contributed by atoms with Crippen LogP contribution in [0.5, 0.6) is 0 Å². The van der Waals surface area contributed by atoms with E-state index in [0.29, 0.717) is 0 Å². The van der Waals surface area contributed by atoms with Crippen LogP contribution in [0.1, 0.15) is 27.7 Å². The molecular weight excluding hydrogens is 292 g/mol. The molecule has 0 spiro atoms. The standard InChI is InChI=1S/C14H19BrN2O/c1-10(14(2,3)4)9-16-13(18)17-12-7-5-11(15)6-8-12/h5-9H,1-4H3,(H2,16,17,18)/b10-9+. The number of carbonyl (C=O) groups is 1. The Hall–Kier alpha value is -1.29. The van der Waals surface area contributed by atoms with Crippen molar-refractivity contribution in [3.05, 3.63) is 40.5 Å². The summed E-state index contributed by atoms with van der Waals surface area (Å²) in [7, 11) is 0. The number of benzene rings is 1. The van der Waals surface area contributed by atoms with Crippen molar-refractivity contribution in [1.82, 2.24) is 5.32 Å². The Balaban J connectivity index is 2.55. The molecule has 0 fully saturated rings. The molecule has 2 amide bonds. The number of anilines is 1. The third-order valence-corrected chi connectivity index (χ3v) is 3.23. The van der Waals surface area contributed by atoms with Gasteiger partial charge in [0, 0.05) is 16.4 Å². The van der Waals surface area contributed by atoms with Gasteiger partial charge in [-0.3, -0.25) is 0 Å². The molecule has 0 heterocycles. The smallest absolute Gasteiger partial charge is 0.314 e. The number of rotatable bonds is 2. The van der Waals surface area contributed by atoms with Crippen molar-refractivity contribution < 1.29 is 4.79 Å². The molecule has 18 heavy (non-hydrogen) atoms. The first-order chi connectivity index (χ1) is 8.29. The maximum atomic E-state index is 11.7. The Labute approximate surface area is 117 Å². The van der Waals surface area contributed by atoms with E-state index in [1.165, 1.54) is 0 Å². The summed E-state index contributed by atoms with van der Waals surface area (Å²) in [5.41, 5.74) is 1.94. The highest BCUT2D eigenvalue weighted by molar-refractivity contribution is 9.10. The van der Waals surface area contributed by atoms with Gasteiger partial charge >= 0.3 is 6.03 Å². The number of allylic oxidation sites excluding steroid dienone is 1. The lowest BCUT2D eigenvalue weighted by Crippen LogP contribution is -2.25. The highest BCUT2D eigenvalue weighted by atomic mass is 79.9. The van der Waals surface area contributed by atoms with Gasteiger partial charge in [0.15, 0.2) is 0 Å². The first-order valence-corrected chi connectivity index (χ1v) is 6.58. The Morgan fingerprint density at radius 3 is 2.28 bits per heavy atom. The van der Waals surface area contributed by atoms with E-state index >= 15 is 0 Å². The maximum Gasteiger partial charge on any atom is 0.323 e. The summed E-state index contributed by atoms with van der Waals surface area (Å²) in [5, 5.41) is 5.49. The molecule has 2 N–H and O–H groups in total. The molecule has 0 aliphatic rings. The van der Waals surface area contributed by atoms with Crippen molar-refractivity contribution in [2.75, 3.05) is 5.32 Å². The van der Waals surface area contributed by atoms with Crippen LogP contribution in [0.2, 0.25) is 0 Å². The summed E-state index contributed by atoms with van der Waals surface area (Å²) in [6.07, 6.45) is 1.74. The summed E-state index contributed by atoms with van der Waals surface area (Å²) in [5.74, 6) is 0. The van der Waals surface area contributed by atoms with E-state index in [1.807, 2.05) is 31.2 Å². The van der Waals surface area contributed by atoms with Gasteiger partial charge in [-0.15, -0.1) is 0 Å². The van der Waals surface area contributed by atoms with Crippen LogP contribution in [0.3, 0.4) is 0 Å². The fourth-order valence-corrected chi connectivity index (χ4v) is 1.36. The molecule has 0 saturated heterocycles. The first kappa shape index (κ1) is 14.8. The third kappa shape index (κ3) is 4.92. The Kier molecular flexibility index (Phi) is 4.96. The number of hydrogen-bond acceptors (Lipinski definition) is 1. The fraction of sp³-hybridized carbons (Fsp3) is 0.357. The van der Waals surface area contributed by atoms with Gasteiger partial charge in [-0.05, 0) is 36.6 Å². The van der Waals surface area contributed by atoms with E-state index in [9.17, 15) is 4.79 Å². The first-order valence-electron chi connectivity index (χ1n) is 5.79. The largest absolute Gasteiger partial charge is 0.323 e. The third-order valence-electron chi connectivity index (χ3n) is 2.70. The Bertz CT molecular complexity index is 444. The molecule has 0 aliphatic heterocycles. The van der Waals surface area contributed by atoms with Gasteiger partial charge < -0.3 is 10.6 Å². The summed E-state index contributed by atoms with van der Waals surface area (Å²) >= 11 is 3.35. The van der Waals surface area contributed by atoms with Gasteiger partial charge in [0.25, 0.3) is 0 Å². The van der Waals surface area contributed by atoms with Crippen LogP contribution in [-0.4, -0.2) is 6.03 Å². The number of carbonyl (C=O) groups excluding carboxylic acids is 1. The van der Waals surface area contributed by atoms with Gasteiger partial charge in [0.2, 0.25) is 0 Å². The molecule has 0 unspecified atom stereocenters. The minimum atomic E-state index is -0.235. The quantitative estimate of drug-likeness (QED) is 0.828. The van der Waals surface area contributed by atoms with Crippen LogP contribution in [0.15, 0.2) is 40.5 Å². The van der Waals surface area contributed by atoms with Crippen LogP contribution in [0.4, 0.5) is 10.5 Å². The number of amides is 2. The molecular formula is C14H19BrN2O. The summed E-state index contributed by atoms with van der Waals surface area (Å²) in [6, 6.07) is 7.20. The maximum absolute atomic E-state index is 11.7. The van der Waals surface area contributed by atoms with Crippen molar-refractivity contribution in [1.29, 1.82) is 0 Å².